The first-order chi connectivity index (χ1) is 8.33. The smallest absolute Gasteiger partial charge is 0.0420 e. The van der Waals surface area contributed by atoms with Gasteiger partial charge in [-0.25, -0.2) is 0 Å². The molecule has 2 N–H and O–H groups in total. The van der Waals surface area contributed by atoms with E-state index in [0.29, 0.717) is 5.41 Å². The monoisotopic (exact) mass is 265 g/mol. The molecular formula is C16H27NS. The average molecular weight is 265 g/mol. The second-order valence-electron chi connectivity index (χ2n) is 7.04. The molecule has 0 amide bonds. The van der Waals surface area contributed by atoms with Crippen LogP contribution in [0.25, 0.3) is 0 Å². The van der Waals surface area contributed by atoms with Gasteiger partial charge >= 0.3 is 0 Å². The molecule has 1 aliphatic rings. The molecule has 0 spiro atoms. The number of hydrogen-bond donors (Lipinski definition) is 1. The molecule has 1 nitrogen and oxygen atoms in total. The van der Waals surface area contributed by atoms with Crippen LogP contribution in [0.5, 0.6) is 0 Å². The second kappa shape index (κ2) is 4.97. The van der Waals surface area contributed by atoms with Crippen LogP contribution in [0.3, 0.4) is 0 Å². The molecular weight excluding hydrogens is 238 g/mol. The van der Waals surface area contributed by atoms with Gasteiger partial charge in [0.25, 0.3) is 0 Å². The summed E-state index contributed by atoms with van der Waals surface area (Å²) in [5, 5.41) is 2.19. The van der Waals surface area contributed by atoms with E-state index < -0.39 is 0 Å². The van der Waals surface area contributed by atoms with Gasteiger partial charge in [-0.2, -0.15) is 0 Å². The lowest BCUT2D eigenvalue weighted by molar-refractivity contribution is 0.211. The van der Waals surface area contributed by atoms with Crippen molar-refractivity contribution in [3.05, 3.63) is 21.9 Å². The third-order valence-corrected chi connectivity index (χ3v) is 5.58. The van der Waals surface area contributed by atoms with E-state index in [9.17, 15) is 0 Å². The maximum absolute atomic E-state index is 6.74. The van der Waals surface area contributed by atoms with E-state index in [1.807, 2.05) is 11.3 Å². The third kappa shape index (κ3) is 2.80. The molecule has 2 rings (SSSR count). The number of aryl methyl sites for hydroxylation is 1. The van der Waals surface area contributed by atoms with E-state index in [4.69, 9.17) is 5.73 Å². The number of thiophene rings is 1. The average Bonchev–Trinajstić information content (AvgIpc) is 2.57. The summed E-state index contributed by atoms with van der Waals surface area (Å²) >= 11 is 1.83. The molecule has 2 unspecified atom stereocenters. The minimum Gasteiger partial charge on any atom is -0.321 e. The molecule has 0 aliphatic heterocycles. The van der Waals surface area contributed by atoms with Crippen molar-refractivity contribution in [2.24, 2.45) is 17.1 Å². The molecule has 1 saturated carbocycles. The van der Waals surface area contributed by atoms with Crippen molar-refractivity contribution in [3.63, 3.8) is 0 Å². The highest BCUT2D eigenvalue weighted by Crippen LogP contribution is 2.43. The largest absolute Gasteiger partial charge is 0.321 e. The third-order valence-electron chi connectivity index (χ3n) is 4.73. The molecule has 18 heavy (non-hydrogen) atoms. The lowest BCUT2D eigenvalue weighted by atomic mass is 9.76. The van der Waals surface area contributed by atoms with Crippen LogP contribution in [-0.2, 0) is 5.54 Å². The number of rotatable bonds is 1. The van der Waals surface area contributed by atoms with Gasteiger partial charge in [0.15, 0.2) is 0 Å². The summed E-state index contributed by atoms with van der Waals surface area (Å²) in [4.78, 5) is 1.41. The van der Waals surface area contributed by atoms with Crippen molar-refractivity contribution in [1.82, 2.24) is 0 Å². The van der Waals surface area contributed by atoms with Crippen LogP contribution in [0.15, 0.2) is 11.4 Å². The molecule has 0 bridgehead atoms. The summed E-state index contributed by atoms with van der Waals surface area (Å²) < 4.78 is 0. The molecule has 0 radical (unpaired) electrons. The zero-order valence-electron chi connectivity index (χ0n) is 12.3. The lowest BCUT2D eigenvalue weighted by Crippen LogP contribution is -2.36. The lowest BCUT2D eigenvalue weighted by Gasteiger charge is -2.31. The molecule has 0 aromatic carbocycles. The van der Waals surface area contributed by atoms with Gasteiger partial charge in [0.1, 0.15) is 0 Å². The van der Waals surface area contributed by atoms with Crippen LogP contribution in [-0.4, -0.2) is 0 Å². The predicted octanol–water partition coefficient (Wildman–Crippen LogP) is 4.84. The first-order valence-corrected chi connectivity index (χ1v) is 8.04. The van der Waals surface area contributed by atoms with Crippen molar-refractivity contribution >= 4 is 11.3 Å². The SMILES string of the molecule is Cc1sccc1C1(N)CCCC(C(C)(C)C)CC1. The molecule has 102 valence electrons. The maximum atomic E-state index is 6.74. The summed E-state index contributed by atoms with van der Waals surface area (Å²) in [5.41, 5.74) is 8.50. The van der Waals surface area contributed by atoms with Crippen molar-refractivity contribution in [2.45, 2.75) is 65.3 Å². The van der Waals surface area contributed by atoms with Gasteiger partial charge in [-0.15, -0.1) is 11.3 Å². The highest BCUT2D eigenvalue weighted by Gasteiger charge is 2.35. The first kappa shape index (κ1) is 14.1. The predicted molar refractivity (Wildman–Crippen MR) is 81.0 cm³/mol. The Balaban J connectivity index is 2.16. The van der Waals surface area contributed by atoms with Crippen LogP contribution in [0, 0.1) is 18.3 Å². The summed E-state index contributed by atoms with van der Waals surface area (Å²) in [6, 6.07) is 2.25. The van der Waals surface area contributed by atoms with Gasteiger partial charge in [-0.1, -0.05) is 27.2 Å². The summed E-state index contributed by atoms with van der Waals surface area (Å²) in [6.45, 7) is 9.33. The van der Waals surface area contributed by atoms with Crippen molar-refractivity contribution in [1.29, 1.82) is 0 Å². The highest BCUT2D eigenvalue weighted by atomic mass is 32.1. The van der Waals surface area contributed by atoms with E-state index in [1.165, 1.54) is 29.7 Å². The molecule has 0 saturated heterocycles. The van der Waals surface area contributed by atoms with E-state index in [1.54, 1.807) is 0 Å². The van der Waals surface area contributed by atoms with E-state index in [-0.39, 0.29) is 5.54 Å². The fourth-order valence-electron chi connectivity index (χ4n) is 3.40. The summed E-state index contributed by atoms with van der Waals surface area (Å²) in [5.74, 6) is 0.821. The standard InChI is InChI=1S/C16H27NS/c1-12-14(8-11-18-12)16(17)9-5-6-13(7-10-16)15(2,3)4/h8,11,13H,5-7,9-10,17H2,1-4H3. The first-order valence-electron chi connectivity index (χ1n) is 7.16. The normalized spacial score (nSPS) is 30.2. The van der Waals surface area contributed by atoms with E-state index >= 15 is 0 Å². The van der Waals surface area contributed by atoms with Crippen LogP contribution in [0.4, 0.5) is 0 Å². The maximum Gasteiger partial charge on any atom is 0.0420 e. The van der Waals surface area contributed by atoms with Crippen LogP contribution in [0.2, 0.25) is 0 Å². The molecule has 1 aliphatic carbocycles. The Hall–Kier alpha value is -0.340. The Morgan fingerprint density at radius 3 is 2.56 bits per heavy atom. The summed E-state index contributed by atoms with van der Waals surface area (Å²) in [6.07, 6.45) is 6.18. The van der Waals surface area contributed by atoms with Crippen LogP contribution in [0.1, 0.15) is 63.3 Å². The minimum absolute atomic E-state index is 0.0654. The fourth-order valence-corrected chi connectivity index (χ4v) is 4.21. The van der Waals surface area contributed by atoms with Gasteiger partial charge in [-0.05, 0) is 60.9 Å². The molecule has 1 aromatic heterocycles. The fraction of sp³-hybridized carbons (Fsp3) is 0.750. The zero-order valence-corrected chi connectivity index (χ0v) is 13.1. The van der Waals surface area contributed by atoms with Gasteiger partial charge in [0.2, 0.25) is 0 Å². The Morgan fingerprint density at radius 2 is 2.00 bits per heavy atom. The van der Waals surface area contributed by atoms with Crippen molar-refractivity contribution < 1.29 is 0 Å². The van der Waals surface area contributed by atoms with E-state index in [0.717, 1.165) is 18.8 Å². The van der Waals surface area contributed by atoms with Crippen LogP contribution >= 0.6 is 11.3 Å². The van der Waals surface area contributed by atoms with Gasteiger partial charge in [0.05, 0.1) is 0 Å². The molecule has 2 atom stereocenters. The second-order valence-corrected chi connectivity index (χ2v) is 8.16. The topological polar surface area (TPSA) is 26.0 Å². The zero-order chi connectivity index (χ0) is 13.4. The Morgan fingerprint density at radius 1 is 1.28 bits per heavy atom. The summed E-state index contributed by atoms with van der Waals surface area (Å²) in [7, 11) is 0. The highest BCUT2D eigenvalue weighted by molar-refractivity contribution is 7.10. The minimum atomic E-state index is -0.0654. The van der Waals surface area contributed by atoms with Crippen LogP contribution < -0.4 is 5.73 Å². The molecule has 1 heterocycles. The van der Waals surface area contributed by atoms with Gasteiger partial charge in [-0.3, -0.25) is 0 Å². The van der Waals surface area contributed by atoms with Crippen molar-refractivity contribution in [3.8, 4) is 0 Å². The number of hydrogen-bond acceptors (Lipinski definition) is 2. The Labute approximate surface area is 116 Å². The Bertz CT molecular complexity index is 401. The molecule has 1 fully saturated rings. The van der Waals surface area contributed by atoms with E-state index in [2.05, 4.69) is 39.1 Å². The van der Waals surface area contributed by atoms with Gasteiger partial charge < -0.3 is 5.73 Å². The Kier molecular flexibility index (Phi) is 3.89. The molecule has 2 heteroatoms. The quantitative estimate of drug-likeness (QED) is 0.723. The molecule has 1 aromatic rings. The van der Waals surface area contributed by atoms with Crippen molar-refractivity contribution in [2.75, 3.05) is 0 Å². The van der Waals surface area contributed by atoms with Gasteiger partial charge in [0, 0.05) is 10.4 Å². The number of nitrogens with two attached hydrogens (primary N) is 1.